The summed E-state index contributed by atoms with van der Waals surface area (Å²) < 4.78 is 3.18. The number of hydrogen-bond donors (Lipinski definition) is 1. The molecule has 0 bridgehead atoms. The number of nitrogens with zero attached hydrogens (tertiary/aromatic N) is 2. The zero-order valence-electron chi connectivity index (χ0n) is 12.6. The number of benzene rings is 1. The van der Waals surface area contributed by atoms with Gasteiger partial charge in [-0.15, -0.1) is 0 Å². The number of unbranched alkanes of at least 4 members (excludes halogenated alkanes) is 1. The fourth-order valence-electron chi connectivity index (χ4n) is 2.77. The summed E-state index contributed by atoms with van der Waals surface area (Å²) in [7, 11) is 0. The molecule has 0 unspecified atom stereocenters. The van der Waals surface area contributed by atoms with E-state index in [-0.39, 0.29) is 6.42 Å². The van der Waals surface area contributed by atoms with Crippen molar-refractivity contribution in [2.75, 3.05) is 0 Å². The highest BCUT2D eigenvalue weighted by atomic mass is 79.9. The summed E-state index contributed by atoms with van der Waals surface area (Å²) in [6, 6.07) is 10.2. The average molecular weight is 373 g/mol. The van der Waals surface area contributed by atoms with Gasteiger partial charge in [-0.2, -0.15) is 0 Å². The first kappa shape index (κ1) is 15.7. The number of carbonyl (C=O) groups is 1. The molecule has 2 aromatic heterocycles. The van der Waals surface area contributed by atoms with Crippen LogP contribution in [0, 0.1) is 0 Å². The van der Waals surface area contributed by atoms with E-state index in [9.17, 15) is 4.79 Å². The Morgan fingerprint density at radius 3 is 2.87 bits per heavy atom. The molecule has 5 heteroatoms. The standard InChI is InChI=1S/C18H17BrN2O2/c19-14-7-8-17-16(10-14)13(4-1-2-6-18(22)23)12-21(17)15-5-3-9-20-11-15/h3,5,7-12H,1-2,4,6H2,(H,22,23). The van der Waals surface area contributed by atoms with Crippen LogP contribution in [0.5, 0.6) is 0 Å². The lowest BCUT2D eigenvalue weighted by Crippen LogP contribution is -1.95. The molecule has 3 rings (SSSR count). The van der Waals surface area contributed by atoms with Crippen LogP contribution in [0.15, 0.2) is 53.4 Å². The Bertz CT molecular complexity index is 828. The highest BCUT2D eigenvalue weighted by molar-refractivity contribution is 9.10. The van der Waals surface area contributed by atoms with E-state index in [1.54, 1.807) is 6.20 Å². The van der Waals surface area contributed by atoms with Crippen molar-refractivity contribution in [2.24, 2.45) is 0 Å². The van der Waals surface area contributed by atoms with Crippen LogP contribution in [0.25, 0.3) is 16.6 Å². The number of carboxylic acid groups (broad SMARTS) is 1. The Kier molecular flexibility index (Phi) is 4.76. The zero-order chi connectivity index (χ0) is 16.2. The van der Waals surface area contributed by atoms with Gasteiger partial charge in [0.2, 0.25) is 0 Å². The molecule has 0 fully saturated rings. The van der Waals surface area contributed by atoms with Crippen LogP contribution in [-0.2, 0) is 11.2 Å². The monoisotopic (exact) mass is 372 g/mol. The van der Waals surface area contributed by atoms with Crippen molar-refractivity contribution >= 4 is 32.8 Å². The third kappa shape index (κ3) is 3.62. The van der Waals surface area contributed by atoms with Crippen LogP contribution in [0.2, 0.25) is 0 Å². The molecule has 2 heterocycles. The average Bonchev–Trinajstić information content (AvgIpc) is 2.90. The molecule has 118 valence electrons. The predicted molar refractivity (Wildman–Crippen MR) is 94.0 cm³/mol. The molecule has 0 amide bonds. The van der Waals surface area contributed by atoms with Gasteiger partial charge in [0.1, 0.15) is 0 Å². The lowest BCUT2D eigenvalue weighted by atomic mass is 10.1. The minimum absolute atomic E-state index is 0.227. The summed E-state index contributed by atoms with van der Waals surface area (Å²) >= 11 is 3.53. The second-order valence-electron chi connectivity index (χ2n) is 5.50. The van der Waals surface area contributed by atoms with E-state index in [0.717, 1.165) is 28.5 Å². The molecule has 1 aromatic carbocycles. The first-order valence-corrected chi connectivity index (χ1v) is 8.36. The summed E-state index contributed by atoms with van der Waals surface area (Å²) in [6.07, 6.45) is 8.40. The fraction of sp³-hybridized carbons (Fsp3) is 0.222. The van der Waals surface area contributed by atoms with Crippen molar-refractivity contribution in [3.63, 3.8) is 0 Å². The number of carboxylic acids is 1. The summed E-state index contributed by atoms with van der Waals surface area (Å²) in [4.78, 5) is 14.8. The summed E-state index contributed by atoms with van der Waals surface area (Å²) in [6.45, 7) is 0. The lowest BCUT2D eigenvalue weighted by molar-refractivity contribution is -0.137. The van der Waals surface area contributed by atoms with Gasteiger partial charge < -0.3 is 9.67 Å². The molecule has 0 radical (unpaired) electrons. The van der Waals surface area contributed by atoms with Crippen LogP contribution in [0.3, 0.4) is 0 Å². The number of halogens is 1. The van der Waals surface area contributed by atoms with Crippen molar-refractivity contribution in [1.82, 2.24) is 9.55 Å². The van der Waals surface area contributed by atoms with Gasteiger partial charge in [-0.3, -0.25) is 9.78 Å². The smallest absolute Gasteiger partial charge is 0.303 e. The number of aryl methyl sites for hydroxylation is 1. The van der Waals surface area contributed by atoms with E-state index in [1.165, 1.54) is 10.9 Å². The molecular formula is C18H17BrN2O2. The Morgan fingerprint density at radius 2 is 2.13 bits per heavy atom. The van der Waals surface area contributed by atoms with Crippen molar-refractivity contribution in [3.8, 4) is 5.69 Å². The second kappa shape index (κ2) is 6.96. The third-order valence-corrected chi connectivity index (χ3v) is 4.35. The molecule has 23 heavy (non-hydrogen) atoms. The largest absolute Gasteiger partial charge is 0.481 e. The van der Waals surface area contributed by atoms with Crippen LogP contribution in [0.1, 0.15) is 24.8 Å². The molecule has 0 saturated heterocycles. The van der Waals surface area contributed by atoms with Gasteiger partial charge in [-0.25, -0.2) is 0 Å². The van der Waals surface area contributed by atoms with Gasteiger partial charge >= 0.3 is 5.97 Å². The van der Waals surface area contributed by atoms with Gasteiger partial charge in [0.15, 0.2) is 0 Å². The maximum absolute atomic E-state index is 10.6. The highest BCUT2D eigenvalue weighted by Crippen LogP contribution is 2.28. The van der Waals surface area contributed by atoms with E-state index in [2.05, 4.69) is 43.8 Å². The molecule has 4 nitrogen and oxygen atoms in total. The molecule has 0 atom stereocenters. The third-order valence-electron chi connectivity index (χ3n) is 3.86. The van der Waals surface area contributed by atoms with Crippen LogP contribution < -0.4 is 0 Å². The lowest BCUT2D eigenvalue weighted by Gasteiger charge is -2.04. The SMILES string of the molecule is O=C(O)CCCCc1cn(-c2cccnc2)c2ccc(Br)cc12. The quantitative estimate of drug-likeness (QED) is 0.644. The van der Waals surface area contributed by atoms with Crippen LogP contribution >= 0.6 is 15.9 Å². The first-order chi connectivity index (χ1) is 11.1. The minimum Gasteiger partial charge on any atom is -0.481 e. The van der Waals surface area contributed by atoms with Gasteiger partial charge in [-0.05, 0) is 55.2 Å². The first-order valence-electron chi connectivity index (χ1n) is 7.57. The van der Waals surface area contributed by atoms with E-state index >= 15 is 0 Å². The van der Waals surface area contributed by atoms with Gasteiger partial charge in [0, 0.05) is 28.7 Å². The molecule has 0 aliphatic heterocycles. The predicted octanol–water partition coefficient (Wildman–Crippen LogP) is 4.59. The Hall–Kier alpha value is -2.14. The molecule has 0 spiro atoms. The Labute approximate surface area is 142 Å². The molecule has 3 aromatic rings. The van der Waals surface area contributed by atoms with Crippen molar-refractivity contribution in [3.05, 3.63) is 59.0 Å². The van der Waals surface area contributed by atoms with Crippen LogP contribution in [0.4, 0.5) is 0 Å². The van der Waals surface area contributed by atoms with Crippen molar-refractivity contribution in [2.45, 2.75) is 25.7 Å². The molecule has 1 N–H and O–H groups in total. The maximum atomic E-state index is 10.6. The number of rotatable bonds is 6. The number of aliphatic carboxylic acids is 1. The van der Waals surface area contributed by atoms with Crippen molar-refractivity contribution < 1.29 is 9.90 Å². The number of aromatic nitrogens is 2. The minimum atomic E-state index is -0.731. The number of hydrogen-bond acceptors (Lipinski definition) is 2. The molecule has 0 saturated carbocycles. The Morgan fingerprint density at radius 1 is 1.26 bits per heavy atom. The topological polar surface area (TPSA) is 55.1 Å². The second-order valence-corrected chi connectivity index (χ2v) is 6.41. The Balaban J connectivity index is 1.94. The van der Waals surface area contributed by atoms with Crippen molar-refractivity contribution in [1.29, 1.82) is 0 Å². The van der Waals surface area contributed by atoms with Gasteiger partial charge in [-0.1, -0.05) is 15.9 Å². The highest BCUT2D eigenvalue weighted by Gasteiger charge is 2.10. The molecule has 0 aliphatic carbocycles. The number of fused-ring (bicyclic) bond motifs is 1. The fourth-order valence-corrected chi connectivity index (χ4v) is 3.13. The van der Waals surface area contributed by atoms with E-state index in [4.69, 9.17) is 5.11 Å². The molecular weight excluding hydrogens is 356 g/mol. The maximum Gasteiger partial charge on any atom is 0.303 e. The van der Waals surface area contributed by atoms with Crippen LogP contribution in [-0.4, -0.2) is 20.6 Å². The summed E-state index contributed by atoms with van der Waals surface area (Å²) in [5.41, 5.74) is 3.39. The zero-order valence-corrected chi connectivity index (χ0v) is 14.2. The van der Waals surface area contributed by atoms with E-state index < -0.39 is 5.97 Å². The van der Waals surface area contributed by atoms with Gasteiger partial charge in [0.05, 0.1) is 17.4 Å². The summed E-state index contributed by atoms with van der Waals surface area (Å²) in [5, 5.41) is 9.95. The van der Waals surface area contributed by atoms with E-state index in [0.29, 0.717) is 6.42 Å². The molecule has 0 aliphatic rings. The number of pyridine rings is 1. The van der Waals surface area contributed by atoms with E-state index in [1.807, 2.05) is 24.4 Å². The normalized spacial score (nSPS) is 11.0. The van der Waals surface area contributed by atoms with Gasteiger partial charge in [0.25, 0.3) is 0 Å². The summed E-state index contributed by atoms with van der Waals surface area (Å²) in [5.74, 6) is -0.731.